The molecule has 3 nitrogen and oxygen atoms in total. The summed E-state index contributed by atoms with van der Waals surface area (Å²) in [6, 6.07) is 0. The van der Waals surface area contributed by atoms with Gasteiger partial charge in [-0.2, -0.15) is 0 Å². The second kappa shape index (κ2) is 4.84. The highest BCUT2D eigenvalue weighted by Crippen LogP contribution is 2.49. The van der Waals surface area contributed by atoms with E-state index >= 15 is 0 Å². The van der Waals surface area contributed by atoms with Crippen LogP contribution in [0.1, 0.15) is 19.8 Å². The molecule has 100 valence electrons. The Kier molecular flexibility index (Phi) is 3.57. The molecule has 1 N–H and O–H groups in total. The van der Waals surface area contributed by atoms with Crippen LogP contribution in [0.2, 0.25) is 0 Å². The highest BCUT2D eigenvalue weighted by atomic mass is 19.2. The number of halogens is 1. The molecule has 0 amide bonds. The molecule has 0 heterocycles. The number of hydrogen-bond donors (Lipinski definition) is 1. The first-order valence-electron chi connectivity index (χ1n) is 6.32. The third-order valence-corrected chi connectivity index (χ3v) is 3.96. The van der Waals surface area contributed by atoms with E-state index in [9.17, 15) is 14.3 Å². The second-order valence-electron chi connectivity index (χ2n) is 5.22. The van der Waals surface area contributed by atoms with Crippen LogP contribution in [0, 0.1) is 23.7 Å². The van der Waals surface area contributed by atoms with E-state index in [1.807, 2.05) is 0 Å². The molecule has 0 aliphatic heterocycles. The van der Waals surface area contributed by atoms with Gasteiger partial charge in [-0.3, -0.25) is 4.79 Å². The van der Waals surface area contributed by atoms with Crippen LogP contribution in [-0.4, -0.2) is 24.0 Å². The quantitative estimate of drug-likeness (QED) is 0.782. The number of hydrogen-bond acceptors (Lipinski definition) is 3. The summed E-state index contributed by atoms with van der Waals surface area (Å²) in [6.07, 6.45) is 7.98. The van der Waals surface area contributed by atoms with Crippen LogP contribution in [0.5, 0.6) is 0 Å². The molecule has 2 aliphatic carbocycles. The molecule has 1 fully saturated rings. The van der Waals surface area contributed by atoms with Gasteiger partial charge in [-0.05, 0) is 30.8 Å². The lowest BCUT2D eigenvalue weighted by atomic mass is 9.74. The number of esters is 1. The van der Waals surface area contributed by atoms with Gasteiger partial charge in [-0.25, -0.2) is 4.39 Å². The summed E-state index contributed by atoms with van der Waals surface area (Å²) < 4.78 is 18.9. The number of rotatable bonds is 4. The summed E-state index contributed by atoms with van der Waals surface area (Å²) in [5.74, 6) is -3.72. The van der Waals surface area contributed by atoms with Gasteiger partial charge in [0.1, 0.15) is 0 Å². The molecule has 0 radical (unpaired) electrons. The SMILES string of the molecule is COC(=O)[C@@H](C)[C@@H](C1CC1)C1C=CC=CC1(O)F. The second-order valence-corrected chi connectivity index (χ2v) is 5.22. The first kappa shape index (κ1) is 13.3. The summed E-state index contributed by atoms with van der Waals surface area (Å²) in [4.78, 5) is 11.7. The summed E-state index contributed by atoms with van der Waals surface area (Å²) in [7, 11) is 1.33. The minimum atomic E-state index is -2.37. The molecular weight excluding hydrogens is 235 g/mol. The minimum absolute atomic E-state index is 0.214. The van der Waals surface area contributed by atoms with E-state index in [4.69, 9.17) is 4.74 Å². The number of methoxy groups -OCH3 is 1. The lowest BCUT2D eigenvalue weighted by Gasteiger charge is -2.35. The van der Waals surface area contributed by atoms with Crippen molar-refractivity contribution in [1.29, 1.82) is 0 Å². The molecular formula is C14H19FO3. The highest BCUT2D eigenvalue weighted by molar-refractivity contribution is 5.72. The van der Waals surface area contributed by atoms with Crippen molar-refractivity contribution in [2.24, 2.45) is 23.7 Å². The van der Waals surface area contributed by atoms with E-state index < -0.39 is 17.7 Å². The van der Waals surface area contributed by atoms with E-state index in [0.29, 0.717) is 5.92 Å². The van der Waals surface area contributed by atoms with Crippen LogP contribution >= 0.6 is 0 Å². The van der Waals surface area contributed by atoms with E-state index in [1.165, 1.54) is 13.2 Å². The maximum Gasteiger partial charge on any atom is 0.308 e. The van der Waals surface area contributed by atoms with Crippen molar-refractivity contribution in [3.8, 4) is 0 Å². The van der Waals surface area contributed by atoms with Crippen LogP contribution in [0.25, 0.3) is 0 Å². The zero-order valence-electron chi connectivity index (χ0n) is 10.7. The van der Waals surface area contributed by atoms with Crippen LogP contribution in [0.4, 0.5) is 4.39 Å². The largest absolute Gasteiger partial charge is 0.469 e. The summed E-state index contributed by atoms with van der Waals surface area (Å²) >= 11 is 0. The third-order valence-electron chi connectivity index (χ3n) is 3.96. The molecule has 4 atom stereocenters. The Morgan fingerprint density at radius 2 is 2.17 bits per heavy atom. The van der Waals surface area contributed by atoms with Crippen LogP contribution < -0.4 is 0 Å². The Bertz CT molecular complexity index is 383. The van der Waals surface area contributed by atoms with Crippen molar-refractivity contribution < 1.29 is 19.0 Å². The number of allylic oxidation sites excluding steroid dienone is 2. The fourth-order valence-electron chi connectivity index (χ4n) is 2.86. The van der Waals surface area contributed by atoms with E-state index in [0.717, 1.165) is 18.9 Å². The normalized spacial score (nSPS) is 34.1. The smallest absolute Gasteiger partial charge is 0.308 e. The first-order chi connectivity index (χ1) is 8.47. The first-order valence-corrected chi connectivity index (χ1v) is 6.32. The van der Waals surface area contributed by atoms with Gasteiger partial charge in [-0.1, -0.05) is 25.2 Å². The summed E-state index contributed by atoms with van der Waals surface area (Å²) in [5.41, 5.74) is 0. The number of ether oxygens (including phenoxy) is 1. The van der Waals surface area contributed by atoms with Crippen molar-refractivity contribution in [2.75, 3.05) is 7.11 Å². The Morgan fingerprint density at radius 1 is 1.50 bits per heavy atom. The molecule has 2 rings (SSSR count). The summed E-state index contributed by atoms with van der Waals surface area (Å²) in [5, 5.41) is 9.83. The maximum absolute atomic E-state index is 14.2. The molecule has 0 aromatic carbocycles. The van der Waals surface area contributed by atoms with Crippen molar-refractivity contribution in [3.63, 3.8) is 0 Å². The van der Waals surface area contributed by atoms with Crippen LogP contribution in [0.3, 0.4) is 0 Å². The molecule has 0 saturated heterocycles. The Balaban J connectivity index is 2.22. The molecule has 0 aromatic heterocycles. The van der Waals surface area contributed by atoms with E-state index in [1.54, 1.807) is 19.1 Å². The average molecular weight is 254 g/mol. The Labute approximate surface area is 106 Å². The van der Waals surface area contributed by atoms with Gasteiger partial charge in [0.2, 0.25) is 5.85 Å². The van der Waals surface area contributed by atoms with Gasteiger partial charge in [0.25, 0.3) is 0 Å². The van der Waals surface area contributed by atoms with Crippen LogP contribution in [-0.2, 0) is 9.53 Å². The number of carbonyl (C=O) groups excluding carboxylic acids is 1. The van der Waals surface area contributed by atoms with Gasteiger partial charge < -0.3 is 9.84 Å². The van der Waals surface area contributed by atoms with E-state index in [2.05, 4.69) is 0 Å². The zero-order valence-corrected chi connectivity index (χ0v) is 10.7. The number of alkyl halides is 1. The van der Waals surface area contributed by atoms with Gasteiger partial charge >= 0.3 is 5.97 Å². The monoisotopic (exact) mass is 254 g/mol. The average Bonchev–Trinajstić information content (AvgIpc) is 3.14. The lowest BCUT2D eigenvalue weighted by Crippen LogP contribution is -2.41. The standard InChI is InChI=1S/C14H19FO3/c1-9(13(16)18-2)12(10-6-7-10)11-5-3-4-8-14(11,15)17/h3-5,8-12,17H,6-7H2,1-2H3/t9-,11?,12-,14?/m0/s1. The topological polar surface area (TPSA) is 46.5 Å². The maximum atomic E-state index is 14.2. The molecule has 0 bridgehead atoms. The predicted octanol–water partition coefficient (Wildman–Crippen LogP) is 2.22. The fraction of sp³-hybridized carbons (Fsp3) is 0.643. The van der Waals surface area contributed by atoms with Gasteiger partial charge in [0.05, 0.1) is 13.0 Å². The lowest BCUT2D eigenvalue weighted by molar-refractivity contribution is -0.152. The minimum Gasteiger partial charge on any atom is -0.469 e. The zero-order chi connectivity index (χ0) is 13.3. The highest BCUT2D eigenvalue weighted by Gasteiger charge is 2.49. The van der Waals surface area contributed by atoms with Crippen molar-refractivity contribution in [2.45, 2.75) is 25.6 Å². The third kappa shape index (κ3) is 2.48. The van der Waals surface area contributed by atoms with Crippen molar-refractivity contribution in [3.05, 3.63) is 24.3 Å². The molecule has 2 unspecified atom stereocenters. The molecule has 2 aliphatic rings. The Morgan fingerprint density at radius 3 is 2.67 bits per heavy atom. The van der Waals surface area contributed by atoms with Crippen molar-refractivity contribution >= 4 is 5.97 Å². The van der Waals surface area contributed by atoms with Crippen molar-refractivity contribution in [1.82, 2.24) is 0 Å². The van der Waals surface area contributed by atoms with Gasteiger partial charge in [0.15, 0.2) is 0 Å². The van der Waals surface area contributed by atoms with Crippen LogP contribution in [0.15, 0.2) is 24.3 Å². The predicted molar refractivity (Wildman–Crippen MR) is 65.2 cm³/mol. The molecule has 4 heteroatoms. The molecule has 1 saturated carbocycles. The summed E-state index contributed by atoms with van der Waals surface area (Å²) in [6.45, 7) is 1.75. The number of aliphatic hydroxyl groups is 1. The van der Waals surface area contributed by atoms with Gasteiger partial charge in [0, 0.05) is 5.92 Å². The molecule has 18 heavy (non-hydrogen) atoms. The molecule has 0 spiro atoms. The van der Waals surface area contributed by atoms with E-state index in [-0.39, 0.29) is 11.9 Å². The van der Waals surface area contributed by atoms with Gasteiger partial charge in [-0.15, -0.1) is 0 Å². The Hall–Kier alpha value is -1.16. The fourth-order valence-corrected chi connectivity index (χ4v) is 2.86. The number of carbonyl (C=O) groups is 1. The molecule has 0 aromatic rings.